The summed E-state index contributed by atoms with van der Waals surface area (Å²) in [6.45, 7) is 19.0. The second kappa shape index (κ2) is 31.4. The minimum Gasteiger partial charge on any atom is -0.379 e. The van der Waals surface area contributed by atoms with Gasteiger partial charge in [-0.05, 0) is 150 Å². The van der Waals surface area contributed by atoms with Crippen LogP contribution >= 0.6 is 0 Å². The molecular formula is C50H96N8O7. The fourth-order valence-corrected chi connectivity index (χ4v) is 12.8. The van der Waals surface area contributed by atoms with Crippen LogP contribution in [0.1, 0.15) is 143 Å². The molecule has 4 aliphatic rings. The number of nitrogens with two attached hydrogens (primary N) is 3. The van der Waals surface area contributed by atoms with E-state index in [1.165, 1.54) is 44.9 Å². The number of unbranched alkanes of at least 4 members (excludes halogenated alkanes) is 5. The number of carbonyl (C=O) groups is 1. The number of carbonyl (C=O) groups excluding carboxylic acids is 1. The van der Waals surface area contributed by atoms with Crippen LogP contribution in [0.3, 0.4) is 0 Å². The number of urea groups is 1. The lowest BCUT2D eigenvalue weighted by Gasteiger charge is -2.65. The molecule has 15 heteroatoms. The first-order chi connectivity index (χ1) is 31.7. The molecule has 7 N–H and O–H groups in total. The second-order valence-electron chi connectivity index (χ2n) is 20.4. The number of nitrogens with zero attached hydrogens (tertiary/aromatic N) is 4. The summed E-state index contributed by atoms with van der Waals surface area (Å²) in [4.78, 5) is 18.4. The molecule has 11 atom stereocenters. The van der Waals surface area contributed by atoms with Gasteiger partial charge in [-0.25, -0.2) is 4.79 Å². The molecule has 0 aromatic rings. The van der Waals surface area contributed by atoms with Gasteiger partial charge >= 0.3 is 6.03 Å². The molecule has 2 amide bonds. The van der Waals surface area contributed by atoms with Gasteiger partial charge in [0.05, 0.1) is 58.0 Å². The fraction of sp³-hybridized carbons (Fsp3) is 0.980. The molecule has 378 valence electrons. The number of azide groups is 1. The summed E-state index contributed by atoms with van der Waals surface area (Å²) in [5, 5.41) is 6.59. The van der Waals surface area contributed by atoms with E-state index in [1.54, 1.807) is 0 Å². The van der Waals surface area contributed by atoms with E-state index in [4.69, 9.17) is 51.2 Å². The first-order valence-corrected chi connectivity index (χ1v) is 26.4. The molecule has 15 nitrogen and oxygen atoms in total. The molecule has 0 aliphatic heterocycles. The van der Waals surface area contributed by atoms with E-state index in [-0.39, 0.29) is 29.1 Å². The number of fused-ring (bicyclic) bond motifs is 5. The number of amides is 2. The minimum absolute atomic E-state index is 0.00413. The van der Waals surface area contributed by atoms with Gasteiger partial charge in [-0.1, -0.05) is 64.9 Å². The van der Waals surface area contributed by atoms with Crippen LogP contribution in [0.2, 0.25) is 0 Å². The zero-order valence-corrected chi connectivity index (χ0v) is 41.6. The predicted molar refractivity (Wildman–Crippen MR) is 259 cm³/mol. The van der Waals surface area contributed by atoms with E-state index in [9.17, 15) is 4.79 Å². The Morgan fingerprint density at radius 3 is 2.11 bits per heavy atom. The summed E-state index contributed by atoms with van der Waals surface area (Å²) in [5.41, 5.74) is 26.5. The van der Waals surface area contributed by atoms with Crippen LogP contribution in [-0.4, -0.2) is 135 Å². The van der Waals surface area contributed by atoms with Gasteiger partial charge in [-0.3, -0.25) is 0 Å². The highest BCUT2D eigenvalue weighted by Crippen LogP contribution is 2.69. The Morgan fingerprint density at radius 1 is 0.754 bits per heavy atom. The van der Waals surface area contributed by atoms with Crippen molar-refractivity contribution in [1.82, 2.24) is 10.2 Å². The van der Waals surface area contributed by atoms with Gasteiger partial charge in [-0.15, -0.1) is 0 Å². The van der Waals surface area contributed by atoms with Crippen LogP contribution in [-0.2, 0) is 28.4 Å². The number of nitrogens with one attached hydrogen (secondary N) is 1. The summed E-state index contributed by atoms with van der Waals surface area (Å²) < 4.78 is 37.2. The highest BCUT2D eigenvalue weighted by molar-refractivity contribution is 5.74. The molecule has 0 radical (unpaired) electrons. The van der Waals surface area contributed by atoms with E-state index in [1.807, 2.05) is 0 Å². The van der Waals surface area contributed by atoms with E-state index in [2.05, 4.69) is 47.9 Å². The minimum atomic E-state index is 0.00413. The number of hydrogen-bond acceptors (Lipinski definition) is 11. The molecular weight excluding hydrogens is 825 g/mol. The molecule has 0 bridgehead atoms. The van der Waals surface area contributed by atoms with Gasteiger partial charge in [-0.2, -0.15) is 0 Å². The van der Waals surface area contributed by atoms with E-state index in [0.29, 0.717) is 121 Å². The molecule has 4 saturated carbocycles. The molecule has 0 aromatic carbocycles. The van der Waals surface area contributed by atoms with E-state index in [0.717, 1.165) is 96.9 Å². The highest BCUT2D eigenvalue weighted by Gasteiger charge is 2.66. The van der Waals surface area contributed by atoms with Crippen LogP contribution in [0.4, 0.5) is 4.79 Å². The summed E-state index contributed by atoms with van der Waals surface area (Å²) >= 11 is 0. The van der Waals surface area contributed by atoms with Crippen LogP contribution in [0, 0.1) is 46.3 Å². The van der Waals surface area contributed by atoms with Gasteiger partial charge in [0, 0.05) is 56.3 Å². The Kier molecular flexibility index (Phi) is 26.9. The average Bonchev–Trinajstić information content (AvgIpc) is 3.66. The normalized spacial score (nSPS) is 30.0. The standard InChI is InChI=1S/C50H96N8O7/c1-5-6-7-8-9-10-25-58(48(59)55-23-30-60-32-34-62-35-33-61-31-24-56-57-54)26-11-15-39(2)42-16-17-43-47-44(38-46(50(42,43)4)65-29-14-22-53)49(3)19-18-41(63-27-12-20-51)36-40(49)37-45(47)64-28-13-21-52/h39-47H,5-38,51-53H2,1-4H3,(H,55,59)/t39-,40?,41-,42-,43+,44+,45-,46+,47?,49?,50-/m1/s1. The predicted octanol–water partition coefficient (Wildman–Crippen LogP) is 8.22. The molecule has 0 spiro atoms. The smallest absolute Gasteiger partial charge is 0.317 e. The van der Waals surface area contributed by atoms with Gasteiger partial charge < -0.3 is 55.8 Å². The third-order valence-corrected chi connectivity index (χ3v) is 16.3. The van der Waals surface area contributed by atoms with Crippen molar-refractivity contribution >= 4 is 6.03 Å². The Bertz CT molecular complexity index is 1330. The Labute approximate surface area is 394 Å². The Morgan fingerprint density at radius 2 is 1.40 bits per heavy atom. The maximum Gasteiger partial charge on any atom is 0.317 e. The van der Waals surface area contributed by atoms with Gasteiger partial charge in [0.25, 0.3) is 0 Å². The molecule has 4 rings (SSSR count). The Balaban J connectivity index is 1.38. The first-order valence-electron chi connectivity index (χ1n) is 26.4. The monoisotopic (exact) mass is 921 g/mol. The molecule has 0 aromatic heterocycles. The van der Waals surface area contributed by atoms with Crippen molar-refractivity contribution < 1.29 is 33.2 Å². The van der Waals surface area contributed by atoms with Gasteiger partial charge in [0.15, 0.2) is 0 Å². The SMILES string of the molecule is CCCCCCCCN(CCC[C@@H](C)[C@H]1CC[C@H]2C3[C@H](OCCCN)CC4C[C@H](OCCCN)CCC4(C)[C@H]3C[C@H](OCCCN)[C@]12C)C(=O)NCCOCCOCCOCCN=[N+]=[N-]. The lowest BCUT2D eigenvalue weighted by Crippen LogP contribution is -2.63. The molecule has 4 fully saturated rings. The molecule has 65 heavy (non-hydrogen) atoms. The van der Waals surface area contributed by atoms with Gasteiger partial charge in [0.2, 0.25) is 0 Å². The van der Waals surface area contributed by atoms with Crippen molar-refractivity contribution in [2.75, 3.05) is 105 Å². The second-order valence-corrected chi connectivity index (χ2v) is 20.4. The topological polar surface area (TPSA) is 215 Å². The maximum absolute atomic E-state index is 13.7. The van der Waals surface area contributed by atoms with Crippen molar-refractivity contribution in [3.63, 3.8) is 0 Å². The van der Waals surface area contributed by atoms with Gasteiger partial charge in [0.1, 0.15) is 0 Å². The third kappa shape index (κ3) is 17.0. The number of hydrogen-bond donors (Lipinski definition) is 4. The van der Waals surface area contributed by atoms with Crippen LogP contribution in [0.5, 0.6) is 0 Å². The zero-order chi connectivity index (χ0) is 46.8. The largest absolute Gasteiger partial charge is 0.379 e. The first kappa shape index (κ1) is 55.8. The summed E-state index contributed by atoms with van der Waals surface area (Å²) in [6, 6.07) is 0.00413. The van der Waals surface area contributed by atoms with Crippen molar-refractivity contribution in [3.8, 4) is 0 Å². The summed E-state index contributed by atoms with van der Waals surface area (Å²) in [7, 11) is 0. The molecule has 4 aliphatic carbocycles. The zero-order valence-electron chi connectivity index (χ0n) is 41.6. The molecule has 0 heterocycles. The van der Waals surface area contributed by atoms with Crippen molar-refractivity contribution in [2.24, 2.45) is 68.7 Å². The van der Waals surface area contributed by atoms with Crippen molar-refractivity contribution in [1.29, 1.82) is 0 Å². The fourth-order valence-electron chi connectivity index (χ4n) is 12.8. The van der Waals surface area contributed by atoms with E-state index >= 15 is 0 Å². The quantitative estimate of drug-likeness (QED) is 0.0205. The third-order valence-electron chi connectivity index (χ3n) is 16.3. The Hall–Kier alpha value is -1.78. The summed E-state index contributed by atoms with van der Waals surface area (Å²) in [5.74, 6) is 3.20. The number of rotatable bonds is 36. The lowest BCUT2D eigenvalue weighted by atomic mass is 9.43. The van der Waals surface area contributed by atoms with Crippen LogP contribution < -0.4 is 22.5 Å². The highest BCUT2D eigenvalue weighted by atomic mass is 16.5. The van der Waals surface area contributed by atoms with Crippen LogP contribution in [0.25, 0.3) is 10.4 Å². The molecule has 0 saturated heterocycles. The number of ether oxygens (including phenoxy) is 6. The van der Waals surface area contributed by atoms with E-state index < -0.39 is 0 Å². The molecule has 3 unspecified atom stereocenters. The average molecular weight is 921 g/mol. The lowest BCUT2D eigenvalue weighted by molar-refractivity contribution is -0.227. The maximum atomic E-state index is 13.7. The summed E-state index contributed by atoms with van der Waals surface area (Å²) in [6.07, 6.45) is 20.7. The van der Waals surface area contributed by atoms with Crippen molar-refractivity contribution in [2.45, 2.75) is 162 Å². The van der Waals surface area contributed by atoms with Crippen molar-refractivity contribution in [3.05, 3.63) is 10.4 Å². The van der Waals surface area contributed by atoms with Crippen LogP contribution in [0.15, 0.2) is 5.11 Å².